The smallest absolute Gasteiger partial charge is 0.272 e. The molecule has 0 bridgehead atoms. The average molecular weight is 269 g/mol. The molecule has 0 aliphatic rings. The van der Waals surface area contributed by atoms with Crippen molar-refractivity contribution in [3.63, 3.8) is 0 Å². The summed E-state index contributed by atoms with van der Waals surface area (Å²) in [5, 5.41) is 6.86. The Hall–Kier alpha value is -2.96. The minimum atomic E-state index is -0.428. The van der Waals surface area contributed by atoms with Crippen LogP contribution in [0.15, 0.2) is 41.5 Å². The Morgan fingerprint density at radius 2 is 2.05 bits per heavy atom. The molecule has 0 radical (unpaired) electrons. The van der Waals surface area contributed by atoms with E-state index >= 15 is 0 Å². The van der Waals surface area contributed by atoms with Crippen molar-refractivity contribution < 1.29 is 4.79 Å². The molecular formula is C13H11N5O2. The number of H-pyrrole nitrogens is 1. The Bertz CT molecular complexity index is 835. The number of hydrogen-bond donors (Lipinski definition) is 2. The van der Waals surface area contributed by atoms with Crippen LogP contribution in [0.2, 0.25) is 0 Å². The maximum atomic E-state index is 11.9. The molecule has 3 rings (SSSR count). The maximum absolute atomic E-state index is 11.9. The second-order valence-corrected chi connectivity index (χ2v) is 4.11. The first-order valence-electron chi connectivity index (χ1n) is 5.96. The van der Waals surface area contributed by atoms with E-state index in [4.69, 9.17) is 0 Å². The molecule has 0 fully saturated rings. The van der Waals surface area contributed by atoms with Crippen molar-refractivity contribution >= 4 is 16.9 Å². The molecule has 0 aliphatic heterocycles. The number of nitrogens with zero attached hydrogens (tertiary/aromatic N) is 3. The summed E-state index contributed by atoms with van der Waals surface area (Å²) in [6.45, 7) is 0. The molecular weight excluding hydrogens is 258 g/mol. The zero-order valence-electron chi connectivity index (χ0n) is 10.6. The minimum absolute atomic E-state index is 0.0562. The largest absolute Gasteiger partial charge is 0.354 e. The van der Waals surface area contributed by atoms with Crippen molar-refractivity contribution in [1.29, 1.82) is 0 Å². The summed E-state index contributed by atoms with van der Waals surface area (Å²) < 4.78 is 1.48. The monoisotopic (exact) mass is 269 g/mol. The van der Waals surface area contributed by atoms with Crippen LogP contribution >= 0.6 is 0 Å². The summed E-state index contributed by atoms with van der Waals surface area (Å²) in [5.41, 5.74) is 0.737. The van der Waals surface area contributed by atoms with Crippen LogP contribution in [-0.2, 0) is 0 Å². The van der Waals surface area contributed by atoms with Crippen molar-refractivity contribution in [2.75, 3.05) is 7.05 Å². The summed E-state index contributed by atoms with van der Waals surface area (Å²) >= 11 is 0. The van der Waals surface area contributed by atoms with Gasteiger partial charge in [-0.3, -0.25) is 9.59 Å². The van der Waals surface area contributed by atoms with Crippen molar-refractivity contribution in [2.45, 2.75) is 0 Å². The third kappa shape index (κ3) is 1.76. The van der Waals surface area contributed by atoms with Crippen LogP contribution in [0, 0.1) is 0 Å². The molecule has 0 atom stereocenters. The van der Waals surface area contributed by atoms with E-state index in [1.807, 2.05) is 30.3 Å². The van der Waals surface area contributed by atoms with E-state index in [9.17, 15) is 9.59 Å². The van der Waals surface area contributed by atoms with E-state index in [1.54, 1.807) is 0 Å². The molecule has 20 heavy (non-hydrogen) atoms. The number of nitrogens with one attached hydrogen (secondary N) is 2. The molecule has 2 heterocycles. The Morgan fingerprint density at radius 1 is 1.30 bits per heavy atom. The maximum Gasteiger partial charge on any atom is 0.272 e. The fourth-order valence-corrected chi connectivity index (χ4v) is 1.99. The Morgan fingerprint density at radius 3 is 2.75 bits per heavy atom. The van der Waals surface area contributed by atoms with Gasteiger partial charge in [0.2, 0.25) is 0 Å². The second-order valence-electron chi connectivity index (χ2n) is 4.11. The Labute approximate surface area is 113 Å². The molecule has 3 aromatic rings. The normalized spacial score (nSPS) is 10.7. The van der Waals surface area contributed by atoms with Crippen molar-refractivity contribution in [3.8, 4) is 5.69 Å². The second kappa shape index (κ2) is 4.61. The van der Waals surface area contributed by atoms with Gasteiger partial charge in [-0.05, 0) is 12.1 Å². The van der Waals surface area contributed by atoms with E-state index in [0.717, 1.165) is 5.69 Å². The lowest BCUT2D eigenvalue weighted by atomic mass is 10.3. The highest BCUT2D eigenvalue weighted by Crippen LogP contribution is 2.16. The standard InChI is InChI=1S/C13H11N5O2/c1-14-13(20)10-9-11(15-7-16-12(9)19)18(17-10)8-5-3-2-4-6-8/h2-7H,1H3,(H,14,20)(H,15,16,19). The first kappa shape index (κ1) is 12.1. The van der Waals surface area contributed by atoms with Gasteiger partial charge in [0.15, 0.2) is 11.3 Å². The Balaban J connectivity index is 2.38. The summed E-state index contributed by atoms with van der Waals surface area (Å²) in [7, 11) is 1.49. The summed E-state index contributed by atoms with van der Waals surface area (Å²) in [4.78, 5) is 30.4. The summed E-state index contributed by atoms with van der Waals surface area (Å²) in [6.07, 6.45) is 1.29. The molecule has 0 unspecified atom stereocenters. The fraction of sp³-hybridized carbons (Fsp3) is 0.0769. The average Bonchev–Trinajstić information content (AvgIpc) is 2.88. The number of hydrogen-bond acceptors (Lipinski definition) is 4. The molecule has 0 saturated carbocycles. The van der Waals surface area contributed by atoms with E-state index in [-0.39, 0.29) is 11.1 Å². The van der Waals surface area contributed by atoms with Crippen LogP contribution in [0.25, 0.3) is 16.7 Å². The van der Waals surface area contributed by atoms with Gasteiger partial charge in [0.1, 0.15) is 5.39 Å². The molecule has 0 spiro atoms. The van der Waals surface area contributed by atoms with Crippen LogP contribution in [0.4, 0.5) is 0 Å². The van der Waals surface area contributed by atoms with Crippen LogP contribution < -0.4 is 10.9 Å². The van der Waals surface area contributed by atoms with Crippen LogP contribution in [0.3, 0.4) is 0 Å². The Kier molecular flexibility index (Phi) is 2.79. The van der Waals surface area contributed by atoms with Crippen LogP contribution in [0.1, 0.15) is 10.5 Å². The van der Waals surface area contributed by atoms with Gasteiger partial charge in [-0.2, -0.15) is 5.10 Å². The summed E-state index contributed by atoms with van der Waals surface area (Å²) in [6, 6.07) is 9.20. The quantitative estimate of drug-likeness (QED) is 0.707. The van der Waals surface area contributed by atoms with E-state index in [0.29, 0.717) is 5.65 Å². The number of benzene rings is 1. The number of carbonyl (C=O) groups excluding carboxylic acids is 1. The summed E-state index contributed by atoms with van der Waals surface area (Å²) in [5.74, 6) is -0.428. The first-order chi connectivity index (χ1) is 9.72. The molecule has 0 saturated heterocycles. The van der Waals surface area contributed by atoms with Gasteiger partial charge in [0, 0.05) is 7.05 Å². The molecule has 1 amide bonds. The van der Waals surface area contributed by atoms with Gasteiger partial charge < -0.3 is 10.3 Å². The lowest BCUT2D eigenvalue weighted by molar-refractivity contribution is 0.0959. The fourth-order valence-electron chi connectivity index (χ4n) is 1.99. The highest BCUT2D eigenvalue weighted by molar-refractivity contribution is 6.03. The molecule has 1 aromatic carbocycles. The van der Waals surface area contributed by atoms with Crippen molar-refractivity contribution in [2.24, 2.45) is 0 Å². The van der Waals surface area contributed by atoms with Gasteiger partial charge in [0.05, 0.1) is 12.0 Å². The first-order valence-corrected chi connectivity index (χ1v) is 5.96. The minimum Gasteiger partial charge on any atom is -0.354 e. The third-order valence-electron chi connectivity index (χ3n) is 2.91. The number of aromatic nitrogens is 4. The number of rotatable bonds is 2. The zero-order chi connectivity index (χ0) is 14.1. The van der Waals surface area contributed by atoms with Gasteiger partial charge in [-0.25, -0.2) is 9.67 Å². The van der Waals surface area contributed by atoms with Gasteiger partial charge >= 0.3 is 0 Å². The number of aromatic amines is 1. The molecule has 0 aliphatic carbocycles. The van der Waals surface area contributed by atoms with Crippen LogP contribution in [-0.4, -0.2) is 32.7 Å². The number of fused-ring (bicyclic) bond motifs is 1. The van der Waals surface area contributed by atoms with E-state index < -0.39 is 11.5 Å². The predicted octanol–water partition coefficient (Wildman–Crippen LogP) is 0.468. The SMILES string of the molecule is CNC(=O)c1nn(-c2ccccc2)c2nc[nH]c(=O)c12. The zero-order valence-corrected chi connectivity index (χ0v) is 10.6. The molecule has 7 heteroatoms. The predicted molar refractivity (Wildman–Crippen MR) is 72.9 cm³/mol. The van der Waals surface area contributed by atoms with Crippen LogP contribution in [0.5, 0.6) is 0 Å². The topological polar surface area (TPSA) is 92.7 Å². The van der Waals surface area contributed by atoms with Gasteiger partial charge in [-0.1, -0.05) is 18.2 Å². The molecule has 2 N–H and O–H groups in total. The van der Waals surface area contributed by atoms with Crippen molar-refractivity contribution in [1.82, 2.24) is 25.1 Å². The number of para-hydroxylation sites is 1. The molecule has 7 nitrogen and oxygen atoms in total. The van der Waals surface area contributed by atoms with Crippen molar-refractivity contribution in [3.05, 3.63) is 52.7 Å². The van der Waals surface area contributed by atoms with Gasteiger partial charge in [-0.15, -0.1) is 0 Å². The lowest BCUT2D eigenvalue weighted by Crippen LogP contribution is -2.20. The van der Waals surface area contributed by atoms with Gasteiger partial charge in [0.25, 0.3) is 11.5 Å². The molecule has 2 aromatic heterocycles. The lowest BCUT2D eigenvalue weighted by Gasteiger charge is -2.00. The molecule has 100 valence electrons. The van der Waals surface area contributed by atoms with E-state index in [1.165, 1.54) is 18.1 Å². The number of amides is 1. The third-order valence-corrected chi connectivity index (χ3v) is 2.91. The highest BCUT2D eigenvalue weighted by atomic mass is 16.2. The highest BCUT2D eigenvalue weighted by Gasteiger charge is 2.20. The number of carbonyl (C=O) groups is 1. The van der Waals surface area contributed by atoms with E-state index in [2.05, 4.69) is 20.4 Å².